The number of carboxylic acid groups (broad SMARTS) is 1. The molecule has 1 heterocycles. The quantitative estimate of drug-likeness (QED) is 0.749. The van der Waals surface area contributed by atoms with Crippen LogP contribution in [-0.2, 0) is 11.8 Å². The van der Waals surface area contributed by atoms with Crippen LogP contribution in [-0.4, -0.2) is 27.5 Å². The fraction of sp³-hybridized carbons (Fsp3) is 0.333. The van der Waals surface area contributed by atoms with E-state index < -0.39 is 5.97 Å². The maximum absolute atomic E-state index is 10.0. The van der Waals surface area contributed by atoms with E-state index in [0.717, 1.165) is 0 Å². The van der Waals surface area contributed by atoms with Gasteiger partial charge in [-0.2, -0.15) is 0 Å². The van der Waals surface area contributed by atoms with Gasteiger partial charge >= 0.3 is 5.97 Å². The van der Waals surface area contributed by atoms with Crippen molar-refractivity contribution < 1.29 is 14.6 Å². The van der Waals surface area contributed by atoms with E-state index in [2.05, 4.69) is 5.10 Å². The summed E-state index contributed by atoms with van der Waals surface area (Å²) in [5.74, 6) is -0.675. The van der Waals surface area contributed by atoms with Gasteiger partial charge in [-0.15, -0.1) is 17.5 Å². The number of aromatic nitrogens is 2. The molecule has 0 atom stereocenters. The van der Waals surface area contributed by atoms with Gasteiger partial charge < -0.3 is 9.84 Å². The van der Waals surface area contributed by atoms with Gasteiger partial charge in [-0.1, -0.05) is 0 Å². The molecule has 0 spiro atoms. The molecule has 0 radical (unpaired) electrons. The van der Waals surface area contributed by atoms with Crippen LogP contribution < -0.4 is 4.74 Å². The highest BCUT2D eigenvalue weighted by atomic mass is 35.5. The van der Waals surface area contributed by atoms with Crippen molar-refractivity contribution in [2.75, 3.05) is 6.61 Å². The maximum Gasteiger partial charge on any atom is 0.341 e. The SMILES string of the molecule is Cl.Cn1ccc(OCC(=O)O)n1. The van der Waals surface area contributed by atoms with E-state index in [1.165, 1.54) is 4.68 Å². The van der Waals surface area contributed by atoms with Gasteiger partial charge in [0.15, 0.2) is 6.61 Å². The predicted molar refractivity (Wildman–Crippen MR) is 43.6 cm³/mol. The van der Waals surface area contributed by atoms with E-state index in [1.54, 1.807) is 19.3 Å². The molecule has 0 aliphatic rings. The second-order valence-corrected chi connectivity index (χ2v) is 2.01. The van der Waals surface area contributed by atoms with Crippen LogP contribution in [0.2, 0.25) is 0 Å². The summed E-state index contributed by atoms with van der Waals surface area (Å²) in [4.78, 5) is 10.0. The number of rotatable bonds is 3. The molecule has 68 valence electrons. The van der Waals surface area contributed by atoms with Crippen molar-refractivity contribution in [3.05, 3.63) is 12.3 Å². The smallest absolute Gasteiger partial charge is 0.341 e. The van der Waals surface area contributed by atoms with Gasteiger partial charge in [0.25, 0.3) is 0 Å². The van der Waals surface area contributed by atoms with E-state index in [9.17, 15) is 4.79 Å². The number of aryl methyl sites for hydroxylation is 1. The summed E-state index contributed by atoms with van der Waals surface area (Å²) in [7, 11) is 1.73. The number of carboxylic acids is 1. The molecule has 0 aliphatic heterocycles. The van der Waals surface area contributed by atoms with Crippen molar-refractivity contribution in [1.82, 2.24) is 9.78 Å². The van der Waals surface area contributed by atoms with E-state index in [0.29, 0.717) is 5.88 Å². The zero-order chi connectivity index (χ0) is 8.27. The minimum Gasteiger partial charge on any atom is -0.479 e. The molecule has 0 unspecified atom stereocenters. The molecular formula is C6H9ClN2O3. The Morgan fingerprint density at radius 3 is 2.92 bits per heavy atom. The van der Waals surface area contributed by atoms with Gasteiger partial charge in [0, 0.05) is 19.3 Å². The average molecular weight is 193 g/mol. The monoisotopic (exact) mass is 192 g/mol. The molecule has 1 aromatic heterocycles. The number of hydrogen-bond acceptors (Lipinski definition) is 3. The third kappa shape index (κ3) is 3.25. The highest BCUT2D eigenvalue weighted by molar-refractivity contribution is 5.85. The van der Waals surface area contributed by atoms with Crippen molar-refractivity contribution >= 4 is 18.4 Å². The van der Waals surface area contributed by atoms with Crippen LogP contribution in [0, 0.1) is 0 Å². The molecule has 6 heteroatoms. The Morgan fingerprint density at radius 1 is 1.83 bits per heavy atom. The number of carbonyl (C=O) groups is 1. The molecule has 1 rings (SSSR count). The summed E-state index contributed by atoms with van der Waals surface area (Å²) in [5, 5.41) is 12.0. The lowest BCUT2D eigenvalue weighted by Crippen LogP contribution is -2.09. The Bertz CT molecular complexity index is 261. The van der Waals surface area contributed by atoms with Crippen LogP contribution >= 0.6 is 12.4 Å². The number of halogens is 1. The first kappa shape index (κ1) is 10.8. The molecular weight excluding hydrogens is 184 g/mol. The molecule has 0 aromatic carbocycles. The molecule has 0 aliphatic carbocycles. The molecule has 1 N–H and O–H groups in total. The fourth-order valence-electron chi connectivity index (χ4n) is 0.606. The Labute approximate surface area is 75.4 Å². The number of nitrogens with zero attached hydrogens (tertiary/aromatic N) is 2. The number of hydrogen-bond donors (Lipinski definition) is 1. The second kappa shape index (κ2) is 4.61. The molecule has 0 saturated heterocycles. The van der Waals surface area contributed by atoms with Gasteiger partial charge in [-0.25, -0.2) is 4.79 Å². The summed E-state index contributed by atoms with van der Waals surface area (Å²) in [6.07, 6.45) is 1.68. The minimum atomic E-state index is -1.00. The van der Waals surface area contributed by atoms with Crippen molar-refractivity contribution in [2.45, 2.75) is 0 Å². The van der Waals surface area contributed by atoms with Crippen molar-refractivity contribution in [1.29, 1.82) is 0 Å². The van der Waals surface area contributed by atoms with E-state index in [4.69, 9.17) is 9.84 Å². The number of aliphatic carboxylic acids is 1. The summed E-state index contributed by atoms with van der Waals surface area (Å²) < 4.78 is 6.30. The van der Waals surface area contributed by atoms with Gasteiger partial charge in [-0.3, -0.25) is 4.68 Å². The summed E-state index contributed by atoms with van der Waals surface area (Å²) in [5.41, 5.74) is 0. The zero-order valence-corrected chi connectivity index (χ0v) is 7.24. The van der Waals surface area contributed by atoms with E-state index >= 15 is 0 Å². The summed E-state index contributed by atoms with van der Waals surface area (Å²) >= 11 is 0. The second-order valence-electron chi connectivity index (χ2n) is 2.01. The fourth-order valence-corrected chi connectivity index (χ4v) is 0.606. The van der Waals surface area contributed by atoms with Crippen LogP contribution in [0.1, 0.15) is 0 Å². The summed E-state index contributed by atoms with van der Waals surface area (Å²) in [6, 6.07) is 1.60. The topological polar surface area (TPSA) is 64.3 Å². The van der Waals surface area contributed by atoms with E-state index in [1.807, 2.05) is 0 Å². The molecule has 0 saturated carbocycles. The first-order chi connectivity index (χ1) is 5.18. The molecule has 0 bridgehead atoms. The molecule has 12 heavy (non-hydrogen) atoms. The largest absolute Gasteiger partial charge is 0.479 e. The Hall–Kier alpha value is -1.23. The van der Waals surface area contributed by atoms with Crippen molar-refractivity contribution in [3.8, 4) is 5.88 Å². The summed E-state index contributed by atoms with van der Waals surface area (Å²) in [6.45, 7) is -0.350. The lowest BCUT2D eigenvalue weighted by molar-refractivity contribution is -0.139. The van der Waals surface area contributed by atoms with Gasteiger partial charge in [0.2, 0.25) is 5.88 Å². The lowest BCUT2D eigenvalue weighted by Gasteiger charge is -1.95. The van der Waals surface area contributed by atoms with Gasteiger partial charge in [0.1, 0.15) is 0 Å². The first-order valence-corrected chi connectivity index (χ1v) is 3.03. The molecule has 0 amide bonds. The van der Waals surface area contributed by atoms with Crippen LogP contribution in [0.25, 0.3) is 0 Å². The highest BCUT2D eigenvalue weighted by Crippen LogP contribution is 2.02. The number of ether oxygens (including phenoxy) is 1. The van der Waals surface area contributed by atoms with Crippen LogP contribution in [0.4, 0.5) is 0 Å². The Kier molecular flexibility index (Phi) is 4.14. The third-order valence-corrected chi connectivity index (χ3v) is 1.03. The highest BCUT2D eigenvalue weighted by Gasteiger charge is 2.00. The third-order valence-electron chi connectivity index (χ3n) is 1.03. The standard InChI is InChI=1S/C6H8N2O3.ClH/c1-8-3-2-5(7-8)11-4-6(9)10;/h2-3H,4H2,1H3,(H,9,10);1H. The lowest BCUT2D eigenvalue weighted by atomic mass is 10.7. The molecule has 0 fully saturated rings. The Balaban J connectivity index is 0.00000121. The molecule has 1 aromatic rings. The zero-order valence-electron chi connectivity index (χ0n) is 6.43. The molecule has 5 nitrogen and oxygen atoms in total. The Morgan fingerprint density at radius 2 is 2.50 bits per heavy atom. The van der Waals surface area contributed by atoms with Crippen LogP contribution in [0.15, 0.2) is 12.3 Å². The maximum atomic E-state index is 10.0. The van der Waals surface area contributed by atoms with Crippen molar-refractivity contribution in [2.24, 2.45) is 7.05 Å². The first-order valence-electron chi connectivity index (χ1n) is 3.03. The predicted octanol–water partition coefficient (Wildman–Crippen LogP) is 0.305. The van der Waals surface area contributed by atoms with E-state index in [-0.39, 0.29) is 19.0 Å². The van der Waals surface area contributed by atoms with Gasteiger partial charge in [-0.05, 0) is 0 Å². The van der Waals surface area contributed by atoms with Crippen molar-refractivity contribution in [3.63, 3.8) is 0 Å². The van der Waals surface area contributed by atoms with Crippen LogP contribution in [0.5, 0.6) is 5.88 Å². The average Bonchev–Trinajstić information content (AvgIpc) is 2.31. The minimum absolute atomic E-state index is 0. The van der Waals surface area contributed by atoms with Gasteiger partial charge in [0.05, 0.1) is 0 Å². The van der Waals surface area contributed by atoms with Crippen LogP contribution in [0.3, 0.4) is 0 Å². The normalized spacial score (nSPS) is 8.75.